The zero-order valence-corrected chi connectivity index (χ0v) is 15.9. The number of nitrogens with zero attached hydrogens (tertiary/aromatic N) is 2. The summed E-state index contributed by atoms with van der Waals surface area (Å²) in [6.45, 7) is 5.40. The lowest BCUT2D eigenvalue weighted by Crippen LogP contribution is -2.22. The fourth-order valence-electron chi connectivity index (χ4n) is 3.37. The van der Waals surface area contributed by atoms with Crippen molar-refractivity contribution in [2.75, 3.05) is 13.7 Å². The molecule has 3 rings (SSSR count). The van der Waals surface area contributed by atoms with Crippen LogP contribution in [0.3, 0.4) is 0 Å². The van der Waals surface area contributed by atoms with E-state index in [1.165, 1.54) is 0 Å². The van der Waals surface area contributed by atoms with Crippen molar-refractivity contribution < 1.29 is 11.0 Å². The molecular formula is C22H25N3O2. The van der Waals surface area contributed by atoms with Crippen molar-refractivity contribution in [2.24, 2.45) is 0 Å². The van der Waals surface area contributed by atoms with Gasteiger partial charge in [0.1, 0.15) is 11.8 Å². The van der Waals surface area contributed by atoms with Crippen molar-refractivity contribution in [3.63, 3.8) is 0 Å². The monoisotopic (exact) mass is 363 g/mol. The molecule has 0 saturated heterocycles. The third-order valence-electron chi connectivity index (χ3n) is 4.59. The summed E-state index contributed by atoms with van der Waals surface area (Å²) in [5.41, 5.74) is 4.05. The number of fused-ring (bicyclic) bond motifs is 1. The summed E-state index contributed by atoms with van der Waals surface area (Å²) in [7, 11) is 1.62. The lowest BCUT2D eigenvalue weighted by molar-refractivity contribution is 0.0956. The average Bonchev–Trinajstić information content (AvgIpc) is 3.01. The SMILES string of the molecule is CCCn1c(-c2ccc(C(=O)NCC)cc2)c(C#N)c2cc(OC)ccc21.[HH]. The Balaban J connectivity index is 0.00000280. The minimum Gasteiger partial charge on any atom is -0.497 e. The smallest absolute Gasteiger partial charge is 0.251 e. The van der Waals surface area contributed by atoms with Crippen molar-refractivity contribution in [2.45, 2.75) is 26.8 Å². The highest BCUT2D eigenvalue weighted by Crippen LogP contribution is 2.35. The first kappa shape index (κ1) is 18.5. The van der Waals surface area contributed by atoms with E-state index in [1.54, 1.807) is 19.2 Å². The maximum Gasteiger partial charge on any atom is 0.251 e. The summed E-state index contributed by atoms with van der Waals surface area (Å²) in [4.78, 5) is 12.0. The second kappa shape index (κ2) is 7.96. The minimum absolute atomic E-state index is 0. The number of rotatable bonds is 6. The number of aryl methyl sites for hydroxylation is 1. The van der Waals surface area contributed by atoms with Gasteiger partial charge in [0, 0.05) is 25.5 Å². The van der Waals surface area contributed by atoms with E-state index in [9.17, 15) is 10.1 Å². The number of aromatic nitrogens is 1. The zero-order chi connectivity index (χ0) is 19.4. The van der Waals surface area contributed by atoms with Crippen LogP contribution in [0.2, 0.25) is 0 Å². The van der Waals surface area contributed by atoms with Crippen LogP contribution in [0.1, 0.15) is 37.6 Å². The molecule has 0 spiro atoms. The number of amides is 1. The lowest BCUT2D eigenvalue weighted by Gasteiger charge is -2.11. The Bertz CT molecular complexity index is 1020. The highest BCUT2D eigenvalue weighted by atomic mass is 16.5. The van der Waals surface area contributed by atoms with Gasteiger partial charge in [0.25, 0.3) is 5.91 Å². The fourth-order valence-corrected chi connectivity index (χ4v) is 3.37. The van der Waals surface area contributed by atoms with Crippen LogP contribution in [-0.2, 0) is 6.54 Å². The number of carbonyl (C=O) groups excluding carboxylic acids is 1. The number of nitrogens with one attached hydrogen (secondary N) is 1. The van der Waals surface area contributed by atoms with E-state index >= 15 is 0 Å². The molecule has 0 aliphatic rings. The largest absolute Gasteiger partial charge is 0.497 e. The molecule has 0 fully saturated rings. The number of carbonyl (C=O) groups is 1. The quantitative estimate of drug-likeness (QED) is 0.696. The van der Waals surface area contributed by atoms with E-state index in [0.29, 0.717) is 17.7 Å². The van der Waals surface area contributed by atoms with Crippen molar-refractivity contribution in [1.29, 1.82) is 5.26 Å². The molecule has 0 unspecified atom stereocenters. The van der Waals surface area contributed by atoms with Crippen molar-refractivity contribution in [3.8, 4) is 23.1 Å². The maximum atomic E-state index is 12.0. The maximum absolute atomic E-state index is 12.0. The molecule has 1 aromatic heterocycles. The summed E-state index contributed by atoms with van der Waals surface area (Å²) in [5, 5.41) is 13.5. The van der Waals surface area contributed by atoms with Gasteiger partial charge in [0.05, 0.1) is 23.9 Å². The molecule has 0 radical (unpaired) electrons. The Hall–Kier alpha value is -3.26. The number of methoxy groups -OCH3 is 1. The van der Waals surface area contributed by atoms with Gasteiger partial charge in [-0.05, 0) is 49.2 Å². The first-order chi connectivity index (χ1) is 13.1. The van der Waals surface area contributed by atoms with Gasteiger partial charge in [-0.25, -0.2) is 0 Å². The van der Waals surface area contributed by atoms with Gasteiger partial charge in [-0.15, -0.1) is 0 Å². The molecule has 27 heavy (non-hydrogen) atoms. The number of benzene rings is 2. The molecule has 5 nitrogen and oxygen atoms in total. The third-order valence-corrected chi connectivity index (χ3v) is 4.59. The van der Waals surface area contributed by atoms with Gasteiger partial charge in [0.2, 0.25) is 0 Å². The van der Waals surface area contributed by atoms with Crippen LogP contribution >= 0.6 is 0 Å². The molecule has 0 aliphatic carbocycles. The molecule has 0 saturated carbocycles. The highest BCUT2D eigenvalue weighted by molar-refractivity contribution is 5.97. The van der Waals surface area contributed by atoms with Crippen LogP contribution in [-0.4, -0.2) is 24.1 Å². The Morgan fingerprint density at radius 2 is 1.96 bits per heavy atom. The van der Waals surface area contributed by atoms with Crippen LogP contribution in [0.15, 0.2) is 42.5 Å². The summed E-state index contributed by atoms with van der Waals surface area (Å²) < 4.78 is 7.51. The Morgan fingerprint density at radius 3 is 2.56 bits per heavy atom. The topological polar surface area (TPSA) is 67.0 Å². The van der Waals surface area contributed by atoms with Gasteiger partial charge in [0.15, 0.2) is 0 Å². The first-order valence-corrected chi connectivity index (χ1v) is 9.13. The summed E-state index contributed by atoms with van der Waals surface area (Å²) >= 11 is 0. The molecule has 3 aromatic rings. The van der Waals surface area contributed by atoms with Gasteiger partial charge in [-0.2, -0.15) is 5.26 Å². The second-order valence-corrected chi connectivity index (χ2v) is 6.31. The standard InChI is InChI=1S/C22H23N3O2.H2/c1-4-12-25-20-11-10-17(27-3)13-18(20)19(14-23)21(25)15-6-8-16(9-7-15)22(26)24-5-2;/h6-11,13H,4-5,12H2,1-3H3,(H,24,26);1H. The predicted octanol–water partition coefficient (Wildman–Crippen LogP) is 4.59. The molecule has 2 aromatic carbocycles. The third kappa shape index (κ3) is 3.39. The van der Waals surface area contributed by atoms with Gasteiger partial charge < -0.3 is 14.6 Å². The normalized spacial score (nSPS) is 10.6. The van der Waals surface area contributed by atoms with Crippen LogP contribution in [0, 0.1) is 11.3 Å². The molecule has 0 bridgehead atoms. The number of nitriles is 1. The van der Waals surface area contributed by atoms with Crippen LogP contribution in [0.5, 0.6) is 5.75 Å². The Labute approximate surface area is 160 Å². The van der Waals surface area contributed by atoms with Crippen molar-refractivity contribution >= 4 is 16.8 Å². The van der Waals surface area contributed by atoms with Gasteiger partial charge >= 0.3 is 0 Å². The van der Waals surface area contributed by atoms with Crippen LogP contribution in [0.4, 0.5) is 0 Å². The van der Waals surface area contributed by atoms with E-state index in [0.717, 1.165) is 40.9 Å². The van der Waals surface area contributed by atoms with E-state index in [-0.39, 0.29) is 7.33 Å². The zero-order valence-electron chi connectivity index (χ0n) is 15.9. The minimum atomic E-state index is -0.0941. The second-order valence-electron chi connectivity index (χ2n) is 6.31. The highest BCUT2D eigenvalue weighted by Gasteiger charge is 2.19. The number of hydrogen-bond donors (Lipinski definition) is 1. The molecule has 1 heterocycles. The molecular weight excluding hydrogens is 338 g/mol. The molecule has 1 amide bonds. The van der Waals surface area contributed by atoms with Gasteiger partial charge in [-0.1, -0.05) is 19.1 Å². The summed E-state index contributed by atoms with van der Waals surface area (Å²) in [6.07, 6.45) is 0.949. The Kier molecular flexibility index (Phi) is 5.46. The first-order valence-electron chi connectivity index (χ1n) is 9.13. The predicted molar refractivity (Wildman–Crippen MR) is 109 cm³/mol. The average molecular weight is 363 g/mol. The summed E-state index contributed by atoms with van der Waals surface area (Å²) in [5.74, 6) is 0.633. The number of hydrogen-bond acceptors (Lipinski definition) is 3. The fraction of sp³-hybridized carbons (Fsp3) is 0.273. The lowest BCUT2D eigenvalue weighted by atomic mass is 10.0. The van der Waals surface area contributed by atoms with E-state index in [4.69, 9.17) is 4.74 Å². The Morgan fingerprint density at radius 1 is 1.22 bits per heavy atom. The van der Waals surface area contributed by atoms with Crippen molar-refractivity contribution in [3.05, 3.63) is 53.6 Å². The van der Waals surface area contributed by atoms with Crippen LogP contribution in [0.25, 0.3) is 22.2 Å². The molecule has 5 heteroatoms. The molecule has 140 valence electrons. The van der Waals surface area contributed by atoms with Crippen molar-refractivity contribution in [1.82, 2.24) is 9.88 Å². The van der Waals surface area contributed by atoms with Gasteiger partial charge in [-0.3, -0.25) is 4.79 Å². The summed E-state index contributed by atoms with van der Waals surface area (Å²) in [6, 6.07) is 15.6. The molecule has 0 atom stereocenters. The van der Waals surface area contributed by atoms with E-state index in [1.807, 2.05) is 37.3 Å². The van der Waals surface area contributed by atoms with Crippen LogP contribution < -0.4 is 10.1 Å². The number of ether oxygens (including phenoxy) is 1. The molecule has 0 aliphatic heterocycles. The molecule has 1 N–H and O–H groups in total. The van der Waals surface area contributed by atoms with E-state index in [2.05, 4.69) is 22.9 Å². The van der Waals surface area contributed by atoms with E-state index < -0.39 is 0 Å².